The minimum atomic E-state index is -0.662. The molecule has 0 saturated heterocycles. The molecule has 3 aromatic carbocycles. The van der Waals surface area contributed by atoms with Gasteiger partial charge < -0.3 is 11.1 Å². The number of anilines is 1. The van der Waals surface area contributed by atoms with Crippen LogP contribution >= 0.6 is 11.6 Å². The molecule has 5 rings (SSSR count). The molecule has 4 N–H and O–H groups in total. The first kappa shape index (κ1) is 26.4. The molecule has 1 unspecified atom stereocenters. The van der Waals surface area contributed by atoms with Crippen molar-refractivity contribution in [3.05, 3.63) is 123 Å². The van der Waals surface area contributed by atoms with Crippen LogP contribution in [-0.2, 0) is 11.2 Å². The Hall–Kier alpha value is -5.16. The number of halogens is 2. The molecule has 200 valence electrons. The summed E-state index contributed by atoms with van der Waals surface area (Å²) in [6, 6.07) is 18.8. The van der Waals surface area contributed by atoms with Gasteiger partial charge in [-0.2, -0.15) is 9.78 Å². The van der Waals surface area contributed by atoms with Crippen LogP contribution in [0.5, 0.6) is 0 Å². The van der Waals surface area contributed by atoms with Crippen molar-refractivity contribution >= 4 is 29.3 Å². The number of amides is 1. The zero-order valence-electron chi connectivity index (χ0n) is 20.8. The fourth-order valence-corrected chi connectivity index (χ4v) is 4.27. The van der Waals surface area contributed by atoms with Crippen LogP contribution in [0.1, 0.15) is 22.9 Å². The van der Waals surface area contributed by atoms with Crippen molar-refractivity contribution in [2.45, 2.75) is 12.5 Å². The SMILES string of the molecule is Nc1ccc(-c2cc(C(Cc3ccc(F)cc3)NC(=O)/C=C/c3cc(Cl)ccc3-n3cnnn3)n[nH]c2=O)cc1. The van der Waals surface area contributed by atoms with Gasteiger partial charge in [-0.1, -0.05) is 35.9 Å². The topological polar surface area (TPSA) is 144 Å². The highest BCUT2D eigenvalue weighted by atomic mass is 35.5. The van der Waals surface area contributed by atoms with E-state index in [0.29, 0.717) is 38.8 Å². The Morgan fingerprint density at radius 1 is 1.10 bits per heavy atom. The maximum absolute atomic E-state index is 13.5. The molecule has 0 aliphatic carbocycles. The number of hydrogen-bond donors (Lipinski definition) is 3. The Morgan fingerprint density at radius 2 is 1.88 bits per heavy atom. The lowest BCUT2D eigenvalue weighted by Crippen LogP contribution is -2.30. The smallest absolute Gasteiger partial charge is 0.272 e. The lowest BCUT2D eigenvalue weighted by atomic mass is 10.00. The van der Waals surface area contributed by atoms with Gasteiger partial charge >= 0.3 is 0 Å². The van der Waals surface area contributed by atoms with Crippen molar-refractivity contribution in [3.8, 4) is 16.8 Å². The number of H-pyrrole nitrogens is 1. The molecule has 12 heteroatoms. The van der Waals surface area contributed by atoms with Crippen LogP contribution in [-0.4, -0.2) is 36.3 Å². The summed E-state index contributed by atoms with van der Waals surface area (Å²) in [5.74, 6) is -0.809. The predicted molar refractivity (Wildman–Crippen MR) is 149 cm³/mol. The van der Waals surface area contributed by atoms with E-state index >= 15 is 0 Å². The third-order valence-corrected chi connectivity index (χ3v) is 6.31. The molecule has 0 fully saturated rings. The van der Waals surface area contributed by atoms with Gasteiger partial charge in [-0.05, 0) is 82.6 Å². The largest absolute Gasteiger partial charge is 0.399 e. The number of carbonyl (C=O) groups is 1. The Labute approximate surface area is 232 Å². The molecular weight excluding hydrogens is 535 g/mol. The zero-order valence-corrected chi connectivity index (χ0v) is 21.6. The van der Waals surface area contributed by atoms with Crippen molar-refractivity contribution in [2.24, 2.45) is 0 Å². The molecule has 1 atom stereocenters. The summed E-state index contributed by atoms with van der Waals surface area (Å²) in [7, 11) is 0. The number of aromatic amines is 1. The van der Waals surface area contributed by atoms with E-state index in [1.165, 1.54) is 29.2 Å². The number of tetrazole rings is 1. The standard InChI is InChI=1S/C28H22ClFN8O2/c29-20-6-11-26(38-16-32-36-37-38)19(14-20)5-12-27(39)33-24(13-17-1-7-21(30)8-2-17)25-15-23(28(40)35-34-25)18-3-9-22(31)10-4-18/h1-12,14-16,24H,13,31H2,(H,33,39)(H,35,40)/b12-5+. The van der Waals surface area contributed by atoms with Crippen LogP contribution in [0.15, 0.2) is 90.0 Å². The van der Waals surface area contributed by atoms with Crippen LogP contribution in [0.2, 0.25) is 5.02 Å². The molecule has 2 aromatic heterocycles. The van der Waals surface area contributed by atoms with E-state index in [-0.39, 0.29) is 12.2 Å². The van der Waals surface area contributed by atoms with E-state index in [1.54, 1.807) is 66.7 Å². The third-order valence-electron chi connectivity index (χ3n) is 6.07. The number of hydrogen-bond acceptors (Lipinski definition) is 7. The van der Waals surface area contributed by atoms with Gasteiger partial charge in [-0.15, -0.1) is 5.10 Å². The highest BCUT2D eigenvalue weighted by Crippen LogP contribution is 2.23. The molecule has 0 aliphatic heterocycles. The summed E-state index contributed by atoms with van der Waals surface area (Å²) < 4.78 is 15.0. The Balaban J connectivity index is 1.45. The van der Waals surface area contributed by atoms with Crippen molar-refractivity contribution in [1.29, 1.82) is 0 Å². The average molecular weight is 557 g/mol. The second kappa shape index (κ2) is 11.7. The maximum atomic E-state index is 13.5. The number of nitrogen functional groups attached to an aromatic ring is 1. The van der Waals surface area contributed by atoms with Crippen LogP contribution in [0.4, 0.5) is 10.1 Å². The van der Waals surface area contributed by atoms with E-state index in [4.69, 9.17) is 17.3 Å². The molecule has 2 heterocycles. The number of aromatic nitrogens is 6. The molecule has 1 amide bonds. The Morgan fingerprint density at radius 3 is 2.60 bits per heavy atom. The van der Waals surface area contributed by atoms with Gasteiger partial charge in [0.1, 0.15) is 12.1 Å². The predicted octanol–water partition coefficient (Wildman–Crippen LogP) is 3.90. The van der Waals surface area contributed by atoms with Crippen LogP contribution in [0, 0.1) is 5.82 Å². The van der Waals surface area contributed by atoms with Crippen LogP contribution in [0.25, 0.3) is 22.9 Å². The molecule has 40 heavy (non-hydrogen) atoms. The van der Waals surface area contributed by atoms with Crippen molar-refractivity contribution in [2.75, 3.05) is 5.73 Å². The highest BCUT2D eigenvalue weighted by Gasteiger charge is 2.19. The maximum Gasteiger partial charge on any atom is 0.272 e. The fraction of sp³-hybridized carbons (Fsp3) is 0.0714. The number of rotatable bonds is 8. The van der Waals surface area contributed by atoms with Crippen molar-refractivity contribution in [1.82, 2.24) is 35.7 Å². The minimum absolute atomic E-state index is 0.285. The summed E-state index contributed by atoms with van der Waals surface area (Å²) >= 11 is 6.18. The molecule has 5 aromatic rings. The van der Waals surface area contributed by atoms with Gasteiger partial charge in [0.05, 0.1) is 23.0 Å². The van der Waals surface area contributed by atoms with Crippen molar-refractivity contribution < 1.29 is 9.18 Å². The molecular formula is C28H22ClFN8O2. The summed E-state index contributed by atoms with van der Waals surface area (Å²) in [6.07, 6.45) is 4.66. The van der Waals surface area contributed by atoms with Crippen molar-refractivity contribution in [3.63, 3.8) is 0 Å². The first-order valence-corrected chi connectivity index (χ1v) is 12.4. The lowest BCUT2D eigenvalue weighted by Gasteiger charge is -2.18. The second-order valence-corrected chi connectivity index (χ2v) is 9.28. The molecule has 0 aliphatic rings. The third kappa shape index (κ3) is 6.27. The Bertz CT molecular complexity index is 1720. The van der Waals surface area contributed by atoms with Gasteiger partial charge in [0.2, 0.25) is 5.91 Å². The first-order chi connectivity index (χ1) is 19.4. The summed E-state index contributed by atoms with van der Waals surface area (Å²) in [4.78, 5) is 25.7. The zero-order chi connectivity index (χ0) is 28.1. The molecule has 0 bridgehead atoms. The number of benzene rings is 3. The number of carbonyl (C=O) groups excluding carboxylic acids is 1. The fourth-order valence-electron chi connectivity index (χ4n) is 4.09. The number of nitrogens with one attached hydrogen (secondary N) is 2. The van der Waals surface area contributed by atoms with Gasteiger partial charge in [0.15, 0.2) is 0 Å². The van der Waals surface area contributed by atoms with E-state index in [0.717, 1.165) is 5.56 Å². The molecule has 0 saturated carbocycles. The highest BCUT2D eigenvalue weighted by molar-refractivity contribution is 6.30. The van der Waals surface area contributed by atoms with Gasteiger partial charge in [0.25, 0.3) is 5.56 Å². The summed E-state index contributed by atoms with van der Waals surface area (Å²) in [6.45, 7) is 0. The van der Waals surface area contributed by atoms with Crippen LogP contribution < -0.4 is 16.6 Å². The summed E-state index contributed by atoms with van der Waals surface area (Å²) in [5, 5.41) is 21.3. The van der Waals surface area contributed by atoms with Crippen LogP contribution in [0.3, 0.4) is 0 Å². The van der Waals surface area contributed by atoms with E-state index in [1.807, 2.05) is 0 Å². The first-order valence-electron chi connectivity index (χ1n) is 12.1. The lowest BCUT2D eigenvalue weighted by molar-refractivity contribution is -0.117. The van der Waals surface area contributed by atoms with E-state index < -0.39 is 17.5 Å². The quantitative estimate of drug-likeness (QED) is 0.194. The average Bonchev–Trinajstić information content (AvgIpc) is 3.48. The number of nitrogens with zero attached hydrogens (tertiary/aromatic N) is 5. The Kier molecular flexibility index (Phi) is 7.74. The number of nitrogens with two attached hydrogens (primary N) is 1. The minimum Gasteiger partial charge on any atom is -0.399 e. The normalized spacial score (nSPS) is 11.9. The van der Waals surface area contributed by atoms with Gasteiger partial charge in [-0.25, -0.2) is 9.49 Å². The monoisotopic (exact) mass is 556 g/mol. The second-order valence-electron chi connectivity index (χ2n) is 8.84. The van der Waals surface area contributed by atoms with Gasteiger partial charge in [0, 0.05) is 22.3 Å². The van der Waals surface area contributed by atoms with Gasteiger partial charge in [-0.3, -0.25) is 9.59 Å². The molecule has 10 nitrogen and oxygen atoms in total. The van der Waals surface area contributed by atoms with E-state index in [9.17, 15) is 14.0 Å². The summed E-state index contributed by atoms with van der Waals surface area (Å²) in [5.41, 5.74) is 9.37. The van der Waals surface area contributed by atoms with E-state index in [2.05, 4.69) is 31.0 Å². The molecule has 0 radical (unpaired) electrons. The molecule has 0 spiro atoms.